The maximum Gasteiger partial charge on any atom is 0.409 e. The number of aromatic nitrogens is 4. The van der Waals surface area contributed by atoms with Gasteiger partial charge in [0.2, 0.25) is 0 Å². The average Bonchev–Trinajstić information content (AvgIpc) is 2.80. The number of nitrogens with zero attached hydrogens (tertiary/aromatic N) is 6. The molecule has 0 saturated carbocycles. The van der Waals surface area contributed by atoms with Gasteiger partial charge in [-0.2, -0.15) is 0 Å². The van der Waals surface area contributed by atoms with Gasteiger partial charge in [-0.15, -0.1) is 0 Å². The molecule has 0 unspecified atom stereocenters. The average molecular weight is 390 g/mol. The topological polar surface area (TPSA) is 84.3 Å². The predicted molar refractivity (Wildman–Crippen MR) is 109 cm³/mol. The van der Waals surface area contributed by atoms with Gasteiger partial charge >= 0.3 is 6.09 Å². The minimum Gasteiger partial charge on any atom is -0.450 e. The molecule has 3 aromatic rings. The lowest BCUT2D eigenvalue weighted by atomic mass is 10.1. The molecule has 3 aromatic heterocycles. The Morgan fingerprint density at radius 1 is 1.00 bits per heavy atom. The number of ether oxygens (including phenoxy) is 1. The van der Waals surface area contributed by atoms with Crippen molar-refractivity contribution in [3.05, 3.63) is 55.1 Å². The Hall–Kier alpha value is -3.55. The van der Waals surface area contributed by atoms with Crippen LogP contribution in [0.5, 0.6) is 0 Å². The van der Waals surface area contributed by atoms with Crippen molar-refractivity contribution in [3.8, 4) is 22.6 Å². The van der Waals surface area contributed by atoms with E-state index in [9.17, 15) is 4.79 Å². The molecule has 0 atom stereocenters. The number of piperazine rings is 1. The molecular formula is C21H22N6O2. The van der Waals surface area contributed by atoms with Crippen LogP contribution in [0.1, 0.15) is 6.92 Å². The Bertz CT molecular complexity index is 902. The van der Waals surface area contributed by atoms with E-state index in [1.54, 1.807) is 29.7 Å². The van der Waals surface area contributed by atoms with Crippen molar-refractivity contribution in [2.24, 2.45) is 0 Å². The Labute approximate surface area is 169 Å². The molecule has 148 valence electrons. The van der Waals surface area contributed by atoms with E-state index in [0.29, 0.717) is 38.6 Å². The molecule has 0 spiro atoms. The van der Waals surface area contributed by atoms with Crippen LogP contribution in [0.3, 0.4) is 0 Å². The van der Waals surface area contributed by atoms with Crippen LogP contribution in [0.2, 0.25) is 0 Å². The largest absolute Gasteiger partial charge is 0.450 e. The summed E-state index contributed by atoms with van der Waals surface area (Å²) in [7, 11) is 0. The first-order valence-electron chi connectivity index (χ1n) is 9.61. The fraction of sp³-hybridized carbons (Fsp3) is 0.286. The van der Waals surface area contributed by atoms with Crippen LogP contribution in [0.25, 0.3) is 22.6 Å². The number of carbonyl (C=O) groups excluding carboxylic acids is 1. The molecule has 1 aliphatic heterocycles. The van der Waals surface area contributed by atoms with Gasteiger partial charge in [0.15, 0.2) is 5.82 Å². The van der Waals surface area contributed by atoms with Crippen LogP contribution in [-0.4, -0.2) is 63.7 Å². The lowest BCUT2D eigenvalue weighted by Crippen LogP contribution is -2.49. The number of anilines is 1. The van der Waals surface area contributed by atoms with Crippen molar-refractivity contribution in [1.82, 2.24) is 24.8 Å². The molecule has 4 rings (SSSR count). The van der Waals surface area contributed by atoms with E-state index in [0.717, 1.165) is 22.6 Å². The van der Waals surface area contributed by atoms with E-state index >= 15 is 0 Å². The number of hydrogen-bond acceptors (Lipinski definition) is 7. The van der Waals surface area contributed by atoms with Crippen molar-refractivity contribution in [2.45, 2.75) is 6.92 Å². The fourth-order valence-electron chi connectivity index (χ4n) is 3.22. The van der Waals surface area contributed by atoms with E-state index in [1.807, 2.05) is 37.3 Å². The summed E-state index contributed by atoms with van der Waals surface area (Å²) in [6.45, 7) is 4.74. The highest BCUT2D eigenvalue weighted by Crippen LogP contribution is 2.26. The highest BCUT2D eigenvalue weighted by atomic mass is 16.6. The summed E-state index contributed by atoms with van der Waals surface area (Å²) in [4.78, 5) is 33.7. The van der Waals surface area contributed by atoms with Crippen LogP contribution in [-0.2, 0) is 4.74 Å². The number of carbonyl (C=O) groups is 1. The molecule has 1 amide bonds. The lowest BCUT2D eigenvalue weighted by Gasteiger charge is -2.34. The summed E-state index contributed by atoms with van der Waals surface area (Å²) in [5, 5.41) is 0. The first-order valence-corrected chi connectivity index (χ1v) is 9.61. The van der Waals surface area contributed by atoms with Gasteiger partial charge in [-0.25, -0.2) is 14.8 Å². The van der Waals surface area contributed by atoms with Gasteiger partial charge in [-0.1, -0.05) is 0 Å². The number of pyridine rings is 2. The summed E-state index contributed by atoms with van der Waals surface area (Å²) in [5.74, 6) is 1.45. The SMILES string of the molecule is CCOC(=O)N1CCN(c2cc(-c3ccncc3)nc(-c3cccnc3)n2)CC1. The third-order valence-electron chi connectivity index (χ3n) is 4.74. The van der Waals surface area contributed by atoms with Gasteiger partial charge in [0, 0.05) is 68.2 Å². The Kier molecular flexibility index (Phi) is 5.60. The second-order valence-electron chi connectivity index (χ2n) is 6.59. The zero-order valence-electron chi connectivity index (χ0n) is 16.2. The third kappa shape index (κ3) is 4.31. The van der Waals surface area contributed by atoms with Crippen molar-refractivity contribution < 1.29 is 9.53 Å². The quantitative estimate of drug-likeness (QED) is 0.677. The Morgan fingerprint density at radius 3 is 2.48 bits per heavy atom. The van der Waals surface area contributed by atoms with Crippen molar-refractivity contribution >= 4 is 11.9 Å². The molecule has 0 radical (unpaired) electrons. The predicted octanol–water partition coefficient (Wildman–Crippen LogP) is 2.88. The molecule has 8 nitrogen and oxygen atoms in total. The van der Waals surface area contributed by atoms with E-state index in [2.05, 4.69) is 14.9 Å². The number of hydrogen-bond donors (Lipinski definition) is 0. The number of rotatable bonds is 4. The molecule has 1 aliphatic rings. The summed E-state index contributed by atoms with van der Waals surface area (Å²) in [5.41, 5.74) is 2.65. The van der Waals surface area contributed by atoms with Gasteiger partial charge in [0.1, 0.15) is 5.82 Å². The minimum absolute atomic E-state index is 0.261. The zero-order chi connectivity index (χ0) is 20.1. The van der Waals surface area contributed by atoms with Gasteiger partial charge in [0.25, 0.3) is 0 Å². The van der Waals surface area contributed by atoms with Gasteiger partial charge in [-0.3, -0.25) is 9.97 Å². The molecule has 0 N–H and O–H groups in total. The van der Waals surface area contributed by atoms with Gasteiger partial charge in [-0.05, 0) is 31.2 Å². The molecular weight excluding hydrogens is 368 g/mol. The second-order valence-corrected chi connectivity index (χ2v) is 6.59. The Balaban J connectivity index is 1.64. The van der Waals surface area contributed by atoms with E-state index in [1.165, 1.54) is 0 Å². The summed E-state index contributed by atoms with van der Waals surface area (Å²) < 4.78 is 5.11. The highest BCUT2D eigenvalue weighted by molar-refractivity contribution is 5.69. The fourth-order valence-corrected chi connectivity index (χ4v) is 3.22. The van der Waals surface area contributed by atoms with Crippen LogP contribution < -0.4 is 4.90 Å². The first kappa shape index (κ1) is 18.8. The maximum atomic E-state index is 12.0. The second kappa shape index (κ2) is 8.64. The molecule has 8 heteroatoms. The minimum atomic E-state index is -0.261. The number of amides is 1. The molecule has 0 aromatic carbocycles. The van der Waals surface area contributed by atoms with Crippen LogP contribution in [0.4, 0.5) is 10.6 Å². The maximum absolute atomic E-state index is 12.0. The monoisotopic (exact) mass is 390 g/mol. The van der Waals surface area contributed by atoms with Crippen LogP contribution in [0, 0.1) is 0 Å². The molecule has 0 bridgehead atoms. The lowest BCUT2D eigenvalue weighted by molar-refractivity contribution is 0.105. The molecule has 1 fully saturated rings. The van der Waals surface area contributed by atoms with E-state index in [4.69, 9.17) is 14.7 Å². The summed E-state index contributed by atoms with van der Waals surface area (Å²) in [6.07, 6.45) is 6.72. The van der Waals surface area contributed by atoms with E-state index < -0.39 is 0 Å². The summed E-state index contributed by atoms with van der Waals surface area (Å²) >= 11 is 0. The van der Waals surface area contributed by atoms with Crippen molar-refractivity contribution in [2.75, 3.05) is 37.7 Å². The molecule has 0 aliphatic carbocycles. The Morgan fingerprint density at radius 2 is 1.79 bits per heavy atom. The van der Waals surface area contributed by atoms with Gasteiger partial charge < -0.3 is 14.5 Å². The molecule has 1 saturated heterocycles. The first-order chi connectivity index (χ1) is 14.2. The molecule has 4 heterocycles. The zero-order valence-corrected chi connectivity index (χ0v) is 16.2. The van der Waals surface area contributed by atoms with Crippen molar-refractivity contribution in [1.29, 1.82) is 0 Å². The van der Waals surface area contributed by atoms with Crippen LogP contribution >= 0.6 is 0 Å². The van der Waals surface area contributed by atoms with Crippen LogP contribution in [0.15, 0.2) is 55.1 Å². The van der Waals surface area contributed by atoms with Crippen molar-refractivity contribution in [3.63, 3.8) is 0 Å². The molecule has 29 heavy (non-hydrogen) atoms. The summed E-state index contributed by atoms with van der Waals surface area (Å²) in [6, 6.07) is 9.65. The third-order valence-corrected chi connectivity index (χ3v) is 4.74. The normalized spacial score (nSPS) is 14.0. The van der Waals surface area contributed by atoms with Gasteiger partial charge in [0.05, 0.1) is 12.3 Å². The highest BCUT2D eigenvalue weighted by Gasteiger charge is 2.23. The standard InChI is InChI=1S/C21H22N6O2/c1-2-29-21(28)27-12-10-26(11-13-27)19-14-18(16-5-8-22-9-6-16)24-20(25-19)17-4-3-7-23-15-17/h3-9,14-15H,2,10-13H2,1H3. The van der Waals surface area contributed by atoms with E-state index in [-0.39, 0.29) is 6.09 Å². The smallest absolute Gasteiger partial charge is 0.409 e.